The predicted octanol–water partition coefficient (Wildman–Crippen LogP) is 2.75. The molecule has 18 heavy (non-hydrogen) atoms. The second-order valence-corrected chi connectivity index (χ2v) is 4.98. The molecule has 0 amide bonds. The summed E-state index contributed by atoms with van der Waals surface area (Å²) in [6.45, 7) is 3.72. The Morgan fingerprint density at radius 3 is 2.78 bits per heavy atom. The highest BCUT2D eigenvalue weighted by molar-refractivity contribution is 7.16. The van der Waals surface area contributed by atoms with Crippen molar-refractivity contribution in [1.82, 2.24) is 9.97 Å². The summed E-state index contributed by atoms with van der Waals surface area (Å²) in [4.78, 5) is 20.6. The van der Waals surface area contributed by atoms with Crippen LogP contribution in [0.1, 0.15) is 26.7 Å². The normalized spacial score (nSPS) is 11.7. The van der Waals surface area contributed by atoms with Crippen LogP contribution in [0.5, 0.6) is 0 Å². The number of carboxylic acid groups (broad SMARTS) is 1. The zero-order valence-electron chi connectivity index (χ0n) is 10.3. The van der Waals surface area contributed by atoms with E-state index in [0.29, 0.717) is 18.7 Å². The first-order chi connectivity index (χ1) is 8.63. The third kappa shape index (κ3) is 2.03. The largest absolute Gasteiger partial charge is 0.480 e. The lowest BCUT2D eigenvalue weighted by molar-refractivity contribution is -0.142. The van der Waals surface area contributed by atoms with E-state index in [4.69, 9.17) is 0 Å². The summed E-state index contributed by atoms with van der Waals surface area (Å²) in [7, 11) is 0. The first-order valence-corrected chi connectivity index (χ1v) is 6.70. The van der Waals surface area contributed by atoms with Gasteiger partial charge in [-0.2, -0.15) is 0 Å². The zero-order chi connectivity index (χ0) is 13.2. The highest BCUT2D eigenvalue weighted by Gasteiger charge is 2.35. The molecule has 0 aliphatic carbocycles. The molecular formula is C12H15N3O2S. The van der Waals surface area contributed by atoms with Crippen LogP contribution in [0.4, 0.5) is 5.82 Å². The van der Waals surface area contributed by atoms with Crippen LogP contribution in [0.25, 0.3) is 10.2 Å². The van der Waals surface area contributed by atoms with Crippen LogP contribution in [0.2, 0.25) is 0 Å². The van der Waals surface area contributed by atoms with Gasteiger partial charge in [-0.1, -0.05) is 13.8 Å². The molecule has 6 heteroatoms. The standard InChI is InChI=1S/C12H15N3O2S/c1-3-12(4-2,11(16)17)15-9-8-5-6-18-10(8)14-7-13-9/h5-7H,3-4H2,1-2H3,(H,16,17)(H,13,14,15). The monoisotopic (exact) mass is 265 g/mol. The maximum Gasteiger partial charge on any atom is 0.329 e. The van der Waals surface area contributed by atoms with Crippen LogP contribution in [-0.4, -0.2) is 26.6 Å². The Bertz CT molecular complexity index is 563. The SMILES string of the molecule is CCC(CC)(Nc1ncnc2sccc12)C(=O)O. The number of aromatic nitrogens is 2. The first-order valence-electron chi connectivity index (χ1n) is 5.82. The van der Waals surface area contributed by atoms with E-state index in [9.17, 15) is 9.90 Å². The lowest BCUT2D eigenvalue weighted by Gasteiger charge is -2.28. The smallest absolute Gasteiger partial charge is 0.329 e. The summed E-state index contributed by atoms with van der Waals surface area (Å²) < 4.78 is 0. The molecule has 0 aliphatic heterocycles. The number of aliphatic carboxylic acids is 1. The lowest BCUT2D eigenvalue weighted by atomic mass is 9.93. The minimum atomic E-state index is -0.969. The second-order valence-electron chi connectivity index (χ2n) is 4.08. The van der Waals surface area contributed by atoms with Gasteiger partial charge >= 0.3 is 5.97 Å². The number of carboxylic acids is 1. The molecule has 2 N–H and O–H groups in total. The van der Waals surface area contributed by atoms with Crippen molar-refractivity contribution in [3.63, 3.8) is 0 Å². The Morgan fingerprint density at radius 2 is 2.17 bits per heavy atom. The maximum absolute atomic E-state index is 11.5. The van der Waals surface area contributed by atoms with Crippen LogP contribution >= 0.6 is 11.3 Å². The van der Waals surface area contributed by atoms with E-state index >= 15 is 0 Å². The van der Waals surface area contributed by atoms with E-state index < -0.39 is 11.5 Å². The summed E-state index contributed by atoms with van der Waals surface area (Å²) in [6, 6.07) is 1.90. The van der Waals surface area contributed by atoms with Crippen molar-refractivity contribution in [2.45, 2.75) is 32.2 Å². The molecule has 0 atom stereocenters. The van der Waals surface area contributed by atoms with Crippen LogP contribution in [-0.2, 0) is 4.79 Å². The van der Waals surface area contributed by atoms with E-state index in [0.717, 1.165) is 10.2 Å². The van der Waals surface area contributed by atoms with Crippen molar-refractivity contribution in [3.05, 3.63) is 17.8 Å². The summed E-state index contributed by atoms with van der Waals surface area (Å²) in [6.07, 6.45) is 2.45. The minimum absolute atomic E-state index is 0.495. The Hall–Kier alpha value is -1.69. The van der Waals surface area contributed by atoms with E-state index in [1.165, 1.54) is 17.7 Å². The molecule has 0 bridgehead atoms. The fourth-order valence-electron chi connectivity index (χ4n) is 1.90. The lowest BCUT2D eigenvalue weighted by Crippen LogP contribution is -2.45. The van der Waals surface area contributed by atoms with Crippen LogP contribution < -0.4 is 5.32 Å². The van der Waals surface area contributed by atoms with Crippen molar-refractivity contribution in [2.24, 2.45) is 0 Å². The minimum Gasteiger partial charge on any atom is -0.480 e. The highest BCUT2D eigenvalue weighted by atomic mass is 32.1. The summed E-state index contributed by atoms with van der Waals surface area (Å²) in [5.41, 5.74) is -0.969. The molecule has 5 nitrogen and oxygen atoms in total. The van der Waals surface area contributed by atoms with Gasteiger partial charge in [0, 0.05) is 0 Å². The highest BCUT2D eigenvalue weighted by Crippen LogP contribution is 2.28. The molecule has 0 saturated carbocycles. The van der Waals surface area contributed by atoms with Gasteiger partial charge in [-0.3, -0.25) is 0 Å². The van der Waals surface area contributed by atoms with Gasteiger partial charge in [-0.05, 0) is 24.3 Å². The van der Waals surface area contributed by atoms with E-state index in [-0.39, 0.29) is 0 Å². The molecule has 2 aromatic heterocycles. The van der Waals surface area contributed by atoms with E-state index in [1.807, 2.05) is 25.3 Å². The molecule has 96 valence electrons. The third-order valence-corrected chi connectivity index (χ3v) is 4.06. The summed E-state index contributed by atoms with van der Waals surface area (Å²) in [5, 5.41) is 15.3. The van der Waals surface area contributed by atoms with Crippen molar-refractivity contribution < 1.29 is 9.90 Å². The molecule has 0 radical (unpaired) electrons. The number of nitrogens with zero attached hydrogens (tertiary/aromatic N) is 2. The zero-order valence-corrected chi connectivity index (χ0v) is 11.1. The molecule has 0 saturated heterocycles. The fourth-order valence-corrected chi connectivity index (χ4v) is 2.63. The third-order valence-electron chi connectivity index (χ3n) is 3.24. The molecule has 2 aromatic rings. The number of rotatable bonds is 5. The van der Waals surface area contributed by atoms with Crippen molar-refractivity contribution >= 4 is 33.3 Å². The second kappa shape index (κ2) is 4.89. The molecule has 0 unspecified atom stereocenters. The summed E-state index contributed by atoms with van der Waals surface area (Å²) in [5.74, 6) is -0.262. The topological polar surface area (TPSA) is 75.1 Å². The molecular weight excluding hydrogens is 250 g/mol. The number of thiophene rings is 1. The molecule has 0 aromatic carbocycles. The van der Waals surface area contributed by atoms with Gasteiger partial charge in [0.15, 0.2) is 0 Å². The van der Waals surface area contributed by atoms with Crippen molar-refractivity contribution in [1.29, 1.82) is 0 Å². The Labute approximate surface area is 109 Å². The van der Waals surface area contributed by atoms with Gasteiger partial charge in [0.25, 0.3) is 0 Å². The van der Waals surface area contributed by atoms with Crippen LogP contribution in [0.3, 0.4) is 0 Å². The summed E-state index contributed by atoms with van der Waals surface area (Å²) >= 11 is 1.51. The molecule has 0 aliphatic rings. The Morgan fingerprint density at radius 1 is 1.44 bits per heavy atom. The molecule has 2 rings (SSSR count). The Balaban J connectivity index is 2.43. The average molecular weight is 265 g/mol. The molecule has 0 fully saturated rings. The van der Waals surface area contributed by atoms with Gasteiger partial charge in [0.2, 0.25) is 0 Å². The van der Waals surface area contributed by atoms with Crippen molar-refractivity contribution in [2.75, 3.05) is 5.32 Å². The molecule has 0 spiro atoms. The van der Waals surface area contributed by atoms with Crippen LogP contribution in [0.15, 0.2) is 17.8 Å². The van der Waals surface area contributed by atoms with Crippen LogP contribution in [0, 0.1) is 0 Å². The number of fused-ring (bicyclic) bond motifs is 1. The van der Waals surface area contributed by atoms with Gasteiger partial charge in [0.05, 0.1) is 5.39 Å². The Kier molecular flexibility index (Phi) is 3.47. The van der Waals surface area contributed by atoms with Crippen molar-refractivity contribution in [3.8, 4) is 0 Å². The number of anilines is 1. The number of hydrogen-bond acceptors (Lipinski definition) is 5. The van der Waals surface area contributed by atoms with Gasteiger partial charge in [-0.15, -0.1) is 11.3 Å². The number of nitrogens with one attached hydrogen (secondary N) is 1. The van der Waals surface area contributed by atoms with Gasteiger partial charge in [-0.25, -0.2) is 14.8 Å². The predicted molar refractivity (Wildman–Crippen MR) is 72.0 cm³/mol. The average Bonchev–Trinajstić information content (AvgIpc) is 2.84. The first kappa shape index (κ1) is 12.8. The van der Waals surface area contributed by atoms with E-state index in [2.05, 4.69) is 15.3 Å². The van der Waals surface area contributed by atoms with Gasteiger partial charge in [0.1, 0.15) is 22.5 Å². The number of hydrogen-bond donors (Lipinski definition) is 2. The maximum atomic E-state index is 11.5. The molecule has 2 heterocycles. The van der Waals surface area contributed by atoms with Gasteiger partial charge < -0.3 is 10.4 Å². The quantitative estimate of drug-likeness (QED) is 0.869. The fraction of sp³-hybridized carbons (Fsp3) is 0.417. The number of carbonyl (C=O) groups is 1. The van der Waals surface area contributed by atoms with E-state index in [1.54, 1.807) is 0 Å².